The van der Waals surface area contributed by atoms with Crippen LogP contribution in [-0.4, -0.2) is 19.5 Å². The van der Waals surface area contributed by atoms with Crippen LogP contribution in [0, 0.1) is 0 Å². The first-order valence-corrected chi connectivity index (χ1v) is 3.54. The fraction of sp³-hybridized carbons (Fsp3) is 0. The van der Waals surface area contributed by atoms with E-state index in [-0.39, 0.29) is 5.52 Å². The number of rotatable bonds is 1. The molecular weight excluding hydrogens is 172 g/mol. The van der Waals surface area contributed by atoms with Crippen molar-refractivity contribution in [3.05, 3.63) is 33.7 Å². The van der Waals surface area contributed by atoms with Gasteiger partial charge in [-0.05, 0) is 0 Å². The van der Waals surface area contributed by atoms with E-state index in [4.69, 9.17) is 0 Å². The first-order valence-electron chi connectivity index (χ1n) is 3.54. The normalized spacial score (nSPS) is 10.5. The highest BCUT2D eigenvalue weighted by Gasteiger charge is 2.04. The molecule has 0 saturated heterocycles. The molecule has 2 N–H and O–H groups in total. The number of hydrogen-bond acceptors (Lipinski definition) is 3. The lowest BCUT2D eigenvalue weighted by molar-refractivity contribution is 1.05. The number of nitrogens with zero attached hydrogens (tertiary/aromatic N) is 2. The van der Waals surface area contributed by atoms with Crippen molar-refractivity contribution in [3.63, 3.8) is 0 Å². The fourth-order valence-electron chi connectivity index (χ4n) is 1.09. The highest BCUT2D eigenvalue weighted by molar-refractivity contribution is 5.71. The second kappa shape index (κ2) is 2.44. The number of imidazole rings is 1. The van der Waals surface area contributed by atoms with Crippen molar-refractivity contribution in [2.75, 3.05) is 0 Å². The van der Waals surface area contributed by atoms with E-state index in [1.807, 2.05) is 0 Å². The van der Waals surface area contributed by atoms with E-state index in [1.54, 1.807) is 0 Å². The molecule has 0 aliphatic rings. The van der Waals surface area contributed by atoms with Crippen LogP contribution in [0.3, 0.4) is 0 Å². The SMILES string of the molecule is C=Cn1cnc2c(=O)[nH]c(=O)[nH]c21. The van der Waals surface area contributed by atoms with Gasteiger partial charge in [0.1, 0.15) is 6.33 Å². The summed E-state index contributed by atoms with van der Waals surface area (Å²) < 4.78 is 1.46. The average molecular weight is 178 g/mol. The maximum atomic E-state index is 11.1. The topological polar surface area (TPSA) is 83.5 Å². The number of H-pyrrole nitrogens is 2. The molecule has 0 amide bonds. The van der Waals surface area contributed by atoms with E-state index < -0.39 is 11.2 Å². The fourth-order valence-corrected chi connectivity index (χ4v) is 1.09. The maximum Gasteiger partial charge on any atom is 0.327 e. The van der Waals surface area contributed by atoms with Gasteiger partial charge in [-0.1, -0.05) is 6.58 Å². The summed E-state index contributed by atoms with van der Waals surface area (Å²) in [5.74, 6) is 0. The van der Waals surface area contributed by atoms with Crippen molar-refractivity contribution in [3.8, 4) is 0 Å². The van der Waals surface area contributed by atoms with Gasteiger partial charge in [0.2, 0.25) is 0 Å². The quantitative estimate of drug-likeness (QED) is 0.618. The molecule has 0 saturated carbocycles. The summed E-state index contributed by atoms with van der Waals surface area (Å²) in [5, 5.41) is 0. The van der Waals surface area contributed by atoms with Crippen molar-refractivity contribution < 1.29 is 0 Å². The Bertz CT molecular complexity index is 574. The monoisotopic (exact) mass is 178 g/mol. The van der Waals surface area contributed by atoms with Crippen molar-refractivity contribution >= 4 is 17.4 Å². The van der Waals surface area contributed by atoms with Crippen LogP contribution in [0.1, 0.15) is 0 Å². The number of nitrogens with one attached hydrogen (secondary N) is 2. The smallest absolute Gasteiger partial charge is 0.292 e. The lowest BCUT2D eigenvalue weighted by Crippen LogP contribution is -2.22. The summed E-state index contributed by atoms with van der Waals surface area (Å²) in [6, 6.07) is 0. The van der Waals surface area contributed by atoms with E-state index in [0.717, 1.165) is 0 Å². The molecule has 0 atom stereocenters. The van der Waals surface area contributed by atoms with Gasteiger partial charge in [0.25, 0.3) is 5.56 Å². The zero-order valence-corrected chi connectivity index (χ0v) is 6.57. The lowest BCUT2D eigenvalue weighted by Gasteiger charge is -1.92. The van der Waals surface area contributed by atoms with Gasteiger partial charge in [-0.15, -0.1) is 0 Å². The predicted octanol–water partition coefficient (Wildman–Crippen LogP) is -0.487. The van der Waals surface area contributed by atoms with Crippen LogP contribution in [0.4, 0.5) is 0 Å². The van der Waals surface area contributed by atoms with E-state index in [0.29, 0.717) is 5.65 Å². The average Bonchev–Trinajstić information content (AvgIpc) is 2.47. The Morgan fingerprint density at radius 1 is 1.46 bits per heavy atom. The third-order valence-corrected chi connectivity index (χ3v) is 1.66. The summed E-state index contributed by atoms with van der Waals surface area (Å²) in [4.78, 5) is 30.4. The molecular formula is C7H6N4O2. The minimum atomic E-state index is -0.555. The summed E-state index contributed by atoms with van der Waals surface area (Å²) in [6.07, 6.45) is 2.85. The summed E-state index contributed by atoms with van der Waals surface area (Å²) >= 11 is 0. The highest BCUT2D eigenvalue weighted by Crippen LogP contribution is 2.01. The summed E-state index contributed by atoms with van der Waals surface area (Å²) in [7, 11) is 0. The molecule has 0 aromatic carbocycles. The second-order valence-electron chi connectivity index (χ2n) is 2.44. The van der Waals surface area contributed by atoms with E-state index in [2.05, 4.69) is 21.5 Å². The van der Waals surface area contributed by atoms with Gasteiger partial charge in [0.15, 0.2) is 11.2 Å². The highest BCUT2D eigenvalue weighted by atomic mass is 16.2. The molecule has 2 aromatic heterocycles. The summed E-state index contributed by atoms with van der Waals surface area (Å²) in [6.45, 7) is 3.50. The third kappa shape index (κ3) is 0.994. The Hall–Kier alpha value is -2.11. The lowest BCUT2D eigenvalue weighted by atomic mass is 10.5. The van der Waals surface area contributed by atoms with Crippen LogP contribution in [0.15, 0.2) is 22.5 Å². The molecule has 0 aliphatic carbocycles. The van der Waals surface area contributed by atoms with Crippen LogP contribution >= 0.6 is 0 Å². The number of fused-ring (bicyclic) bond motifs is 1. The van der Waals surface area contributed by atoms with Crippen molar-refractivity contribution in [2.24, 2.45) is 0 Å². The Morgan fingerprint density at radius 2 is 2.23 bits per heavy atom. The number of hydrogen-bond donors (Lipinski definition) is 2. The van der Waals surface area contributed by atoms with Crippen LogP contribution in [0.25, 0.3) is 17.4 Å². The zero-order chi connectivity index (χ0) is 9.42. The molecule has 0 radical (unpaired) electrons. The Balaban J connectivity index is 3.06. The van der Waals surface area contributed by atoms with Gasteiger partial charge in [-0.3, -0.25) is 19.3 Å². The molecule has 0 aliphatic heterocycles. The molecule has 6 nitrogen and oxygen atoms in total. The number of aromatic nitrogens is 4. The van der Waals surface area contributed by atoms with Gasteiger partial charge in [-0.2, -0.15) is 0 Å². The minimum absolute atomic E-state index is 0.194. The van der Waals surface area contributed by atoms with Crippen LogP contribution in [-0.2, 0) is 0 Å². The Morgan fingerprint density at radius 3 is 2.92 bits per heavy atom. The third-order valence-electron chi connectivity index (χ3n) is 1.66. The minimum Gasteiger partial charge on any atom is -0.292 e. The Labute approximate surface area is 71.6 Å². The van der Waals surface area contributed by atoms with E-state index in [1.165, 1.54) is 17.1 Å². The standard InChI is InChI=1S/C7H6N4O2/c1-2-11-3-8-4-5(11)9-7(13)10-6(4)12/h2-3H,1H2,(H2,9,10,12,13). The molecule has 2 heterocycles. The van der Waals surface area contributed by atoms with Crippen molar-refractivity contribution in [1.29, 1.82) is 0 Å². The molecule has 2 rings (SSSR count). The van der Waals surface area contributed by atoms with Crippen molar-refractivity contribution in [1.82, 2.24) is 19.5 Å². The molecule has 0 fully saturated rings. The van der Waals surface area contributed by atoms with Gasteiger partial charge in [0, 0.05) is 6.20 Å². The van der Waals surface area contributed by atoms with Gasteiger partial charge in [-0.25, -0.2) is 9.78 Å². The molecule has 0 spiro atoms. The molecule has 13 heavy (non-hydrogen) atoms. The van der Waals surface area contributed by atoms with E-state index in [9.17, 15) is 9.59 Å². The summed E-state index contributed by atoms with van der Waals surface area (Å²) in [5.41, 5.74) is -0.510. The molecule has 0 unspecified atom stereocenters. The molecule has 2 aromatic rings. The second-order valence-corrected chi connectivity index (χ2v) is 2.44. The van der Waals surface area contributed by atoms with Gasteiger partial charge >= 0.3 is 5.69 Å². The predicted molar refractivity (Wildman–Crippen MR) is 47.4 cm³/mol. The van der Waals surface area contributed by atoms with E-state index >= 15 is 0 Å². The van der Waals surface area contributed by atoms with Crippen LogP contribution < -0.4 is 11.2 Å². The largest absolute Gasteiger partial charge is 0.327 e. The van der Waals surface area contributed by atoms with Crippen LogP contribution in [0.2, 0.25) is 0 Å². The van der Waals surface area contributed by atoms with Gasteiger partial charge in [0.05, 0.1) is 0 Å². The first kappa shape index (κ1) is 7.53. The van der Waals surface area contributed by atoms with Gasteiger partial charge < -0.3 is 0 Å². The van der Waals surface area contributed by atoms with Crippen LogP contribution in [0.5, 0.6) is 0 Å². The maximum absolute atomic E-state index is 11.1. The Kier molecular flexibility index (Phi) is 1.42. The number of aromatic amines is 2. The first-order chi connectivity index (χ1) is 6.22. The molecule has 6 heteroatoms. The molecule has 66 valence electrons. The van der Waals surface area contributed by atoms with Crippen molar-refractivity contribution in [2.45, 2.75) is 0 Å². The zero-order valence-electron chi connectivity index (χ0n) is 6.57. The molecule has 0 bridgehead atoms.